The number of carbonyl (C=O) groups is 3. The van der Waals surface area contributed by atoms with Crippen LogP contribution in [0, 0.1) is 0 Å². The molecule has 0 saturated carbocycles. The van der Waals surface area contributed by atoms with Crippen molar-refractivity contribution in [2.24, 2.45) is 0 Å². The van der Waals surface area contributed by atoms with E-state index in [9.17, 15) is 14.4 Å². The highest BCUT2D eigenvalue weighted by molar-refractivity contribution is 5.80. The molecule has 43 heavy (non-hydrogen) atoms. The summed E-state index contributed by atoms with van der Waals surface area (Å²) in [5, 5.41) is 11.0. The summed E-state index contributed by atoms with van der Waals surface area (Å²) in [5.41, 5.74) is 0. The Hall–Kier alpha value is -2.37. The lowest BCUT2D eigenvalue weighted by atomic mass is 10.1. The predicted octanol–water partition coefficient (Wildman–Crippen LogP) is 10.2. The average molecular weight is 604 g/mol. The molecular weight excluding hydrogens is 538 g/mol. The minimum absolute atomic E-state index is 0.0975. The molecule has 0 rings (SSSR count). The monoisotopic (exact) mass is 603 g/mol. The number of nitrogens with one attached hydrogen (secondary N) is 1. The fraction of sp³-hybridized carbons (Fsp3) is 0.757. The first kappa shape index (κ1) is 40.6. The quantitative estimate of drug-likeness (QED) is 0.0467. The van der Waals surface area contributed by atoms with Crippen LogP contribution in [0.1, 0.15) is 168 Å². The maximum atomic E-state index is 12.6. The number of ether oxygens (including phenoxy) is 1. The molecular formula is C37H65NO5. The Labute approximate surface area is 264 Å². The third-order valence-corrected chi connectivity index (χ3v) is 7.50. The van der Waals surface area contributed by atoms with Crippen molar-refractivity contribution in [2.45, 2.75) is 174 Å². The number of unbranched alkanes of at least 4 members (excludes halogenated alkanes) is 16. The Morgan fingerprint density at radius 3 is 1.84 bits per heavy atom. The molecule has 0 heterocycles. The van der Waals surface area contributed by atoms with Crippen molar-refractivity contribution in [3.05, 3.63) is 36.5 Å². The van der Waals surface area contributed by atoms with Gasteiger partial charge in [-0.2, -0.15) is 0 Å². The number of amides is 1. The third-order valence-electron chi connectivity index (χ3n) is 7.50. The number of carboxylic acid groups (broad SMARTS) is 1. The first-order chi connectivity index (χ1) is 21.0. The van der Waals surface area contributed by atoms with Gasteiger partial charge >= 0.3 is 11.9 Å². The number of carbonyl (C=O) groups excluding carboxylic acids is 2. The van der Waals surface area contributed by atoms with Crippen LogP contribution in [-0.4, -0.2) is 35.6 Å². The van der Waals surface area contributed by atoms with E-state index in [0.717, 1.165) is 70.6 Å². The lowest BCUT2D eigenvalue weighted by Gasteiger charge is -2.15. The molecule has 0 aromatic heterocycles. The SMILES string of the molecule is CCC/C=C\C/C=C\CCCCCCCC(=O)OC(/C=C\CCCCCCCCC)CCCCCCC(=O)NCC(=O)O. The standard InChI is InChI=1S/C37H65NO5/c1-3-5-7-9-11-13-14-15-16-18-20-22-28-32-37(42)43-34(29-25-21-19-17-12-10-8-6-4-2)30-26-23-24-27-31-35(39)38-33-36(40)41/h7,9,13-14,25,29,34H,3-6,8,10-12,15-24,26-28,30-33H2,1-2H3,(H,38,39)(H,40,41)/b9-7-,14-13-,29-25-. The molecule has 0 radical (unpaired) electrons. The van der Waals surface area contributed by atoms with E-state index < -0.39 is 5.97 Å². The van der Waals surface area contributed by atoms with Crippen LogP contribution in [0.2, 0.25) is 0 Å². The summed E-state index contributed by atoms with van der Waals surface area (Å²) < 4.78 is 5.87. The van der Waals surface area contributed by atoms with E-state index >= 15 is 0 Å². The average Bonchev–Trinajstić information content (AvgIpc) is 2.99. The van der Waals surface area contributed by atoms with E-state index in [4.69, 9.17) is 9.84 Å². The molecule has 0 saturated heterocycles. The molecule has 1 unspecified atom stereocenters. The summed E-state index contributed by atoms with van der Waals surface area (Å²) in [6.45, 7) is 4.11. The first-order valence-corrected chi connectivity index (χ1v) is 17.6. The van der Waals surface area contributed by atoms with Crippen LogP contribution >= 0.6 is 0 Å². The van der Waals surface area contributed by atoms with Crippen LogP contribution < -0.4 is 5.32 Å². The zero-order chi connectivity index (χ0) is 31.6. The summed E-state index contributed by atoms with van der Waals surface area (Å²) in [6.07, 6.45) is 38.4. The van der Waals surface area contributed by atoms with Gasteiger partial charge in [0.25, 0.3) is 0 Å². The van der Waals surface area contributed by atoms with Gasteiger partial charge in [-0.3, -0.25) is 14.4 Å². The smallest absolute Gasteiger partial charge is 0.322 e. The summed E-state index contributed by atoms with van der Waals surface area (Å²) in [5.74, 6) is -1.34. The van der Waals surface area contributed by atoms with Crippen LogP contribution in [0.25, 0.3) is 0 Å². The van der Waals surface area contributed by atoms with Gasteiger partial charge < -0.3 is 15.2 Å². The second-order valence-electron chi connectivity index (χ2n) is 11.8. The third kappa shape index (κ3) is 32.4. The summed E-state index contributed by atoms with van der Waals surface area (Å²) >= 11 is 0. The van der Waals surface area contributed by atoms with Crippen molar-refractivity contribution in [2.75, 3.05) is 6.54 Å². The fourth-order valence-corrected chi connectivity index (χ4v) is 4.87. The van der Waals surface area contributed by atoms with E-state index in [0.29, 0.717) is 12.8 Å². The maximum absolute atomic E-state index is 12.6. The van der Waals surface area contributed by atoms with Crippen LogP contribution in [0.4, 0.5) is 0 Å². The lowest BCUT2D eigenvalue weighted by molar-refractivity contribution is -0.147. The molecule has 0 fully saturated rings. The molecule has 1 amide bonds. The van der Waals surface area contributed by atoms with E-state index in [2.05, 4.69) is 55.6 Å². The minimum Gasteiger partial charge on any atom is -0.480 e. The van der Waals surface area contributed by atoms with Crippen molar-refractivity contribution in [1.29, 1.82) is 0 Å². The van der Waals surface area contributed by atoms with E-state index in [1.807, 2.05) is 0 Å². The number of carboxylic acids is 1. The summed E-state index contributed by atoms with van der Waals surface area (Å²) in [7, 11) is 0. The number of aliphatic carboxylic acids is 1. The number of hydrogen-bond acceptors (Lipinski definition) is 4. The molecule has 0 spiro atoms. The van der Waals surface area contributed by atoms with Crippen LogP contribution in [0.15, 0.2) is 36.5 Å². The first-order valence-electron chi connectivity index (χ1n) is 17.6. The van der Waals surface area contributed by atoms with Crippen LogP contribution in [0.5, 0.6) is 0 Å². The molecule has 0 aliphatic carbocycles. The van der Waals surface area contributed by atoms with E-state index in [1.54, 1.807) is 0 Å². The maximum Gasteiger partial charge on any atom is 0.322 e. The van der Waals surface area contributed by atoms with Gasteiger partial charge in [-0.25, -0.2) is 0 Å². The van der Waals surface area contributed by atoms with Crippen LogP contribution in [-0.2, 0) is 19.1 Å². The molecule has 0 aliphatic heterocycles. The lowest BCUT2D eigenvalue weighted by Crippen LogP contribution is -2.28. The summed E-state index contributed by atoms with van der Waals surface area (Å²) in [6, 6.07) is 0. The van der Waals surface area contributed by atoms with Crippen molar-refractivity contribution >= 4 is 17.8 Å². The van der Waals surface area contributed by atoms with Crippen molar-refractivity contribution in [3.63, 3.8) is 0 Å². The second kappa shape index (κ2) is 32.5. The highest BCUT2D eigenvalue weighted by Crippen LogP contribution is 2.15. The molecule has 1 atom stereocenters. The largest absolute Gasteiger partial charge is 0.480 e. The molecule has 0 aromatic rings. The molecule has 2 N–H and O–H groups in total. The van der Waals surface area contributed by atoms with Gasteiger partial charge in [0.15, 0.2) is 0 Å². The van der Waals surface area contributed by atoms with Crippen molar-refractivity contribution in [3.8, 4) is 0 Å². The topological polar surface area (TPSA) is 92.7 Å². The number of allylic oxidation sites excluding steroid dienone is 5. The molecule has 248 valence electrons. The highest BCUT2D eigenvalue weighted by Gasteiger charge is 2.12. The van der Waals surface area contributed by atoms with Gasteiger partial charge in [0, 0.05) is 12.8 Å². The normalized spacial score (nSPS) is 12.4. The number of rotatable bonds is 31. The van der Waals surface area contributed by atoms with Crippen LogP contribution in [0.3, 0.4) is 0 Å². The van der Waals surface area contributed by atoms with E-state index in [1.165, 1.54) is 70.6 Å². The number of esters is 1. The fourth-order valence-electron chi connectivity index (χ4n) is 4.87. The molecule has 6 nitrogen and oxygen atoms in total. The summed E-state index contributed by atoms with van der Waals surface area (Å²) in [4.78, 5) is 34.8. The molecule has 6 heteroatoms. The van der Waals surface area contributed by atoms with Gasteiger partial charge in [-0.1, -0.05) is 121 Å². The Morgan fingerprint density at radius 2 is 1.19 bits per heavy atom. The van der Waals surface area contributed by atoms with Gasteiger partial charge in [0.1, 0.15) is 12.6 Å². The Bertz CT molecular complexity index is 758. The zero-order valence-electron chi connectivity index (χ0n) is 27.8. The Morgan fingerprint density at radius 1 is 0.628 bits per heavy atom. The molecule has 0 aliphatic rings. The zero-order valence-corrected chi connectivity index (χ0v) is 27.8. The Balaban J connectivity index is 4.25. The number of hydrogen-bond donors (Lipinski definition) is 2. The van der Waals surface area contributed by atoms with Crippen molar-refractivity contribution in [1.82, 2.24) is 5.32 Å². The molecule has 0 aromatic carbocycles. The second-order valence-corrected chi connectivity index (χ2v) is 11.8. The van der Waals surface area contributed by atoms with Crippen molar-refractivity contribution < 1.29 is 24.2 Å². The predicted molar refractivity (Wildman–Crippen MR) is 180 cm³/mol. The van der Waals surface area contributed by atoms with Gasteiger partial charge in [-0.15, -0.1) is 0 Å². The Kier molecular flexibility index (Phi) is 30.7. The highest BCUT2D eigenvalue weighted by atomic mass is 16.5. The van der Waals surface area contributed by atoms with Gasteiger partial charge in [0.2, 0.25) is 5.91 Å². The van der Waals surface area contributed by atoms with E-state index in [-0.39, 0.29) is 24.5 Å². The van der Waals surface area contributed by atoms with Gasteiger partial charge in [0.05, 0.1) is 0 Å². The van der Waals surface area contributed by atoms with Gasteiger partial charge in [-0.05, 0) is 70.3 Å². The molecule has 0 bridgehead atoms. The minimum atomic E-state index is -1.03.